The third-order valence-electron chi connectivity index (χ3n) is 4.25. The molecular weight excluding hydrogens is 420 g/mol. The molecule has 1 aliphatic heterocycles. The zero-order chi connectivity index (χ0) is 22.2. The first-order chi connectivity index (χ1) is 15.0. The van der Waals surface area contributed by atoms with Gasteiger partial charge < -0.3 is 24.8 Å². The molecule has 31 heavy (non-hydrogen) atoms. The number of hydrogen-bond acceptors (Lipinski definition) is 7. The van der Waals surface area contributed by atoms with E-state index < -0.39 is 23.7 Å². The molecule has 1 heterocycles. The van der Waals surface area contributed by atoms with Gasteiger partial charge in [0.25, 0.3) is 5.91 Å². The zero-order valence-corrected chi connectivity index (χ0v) is 18.1. The lowest BCUT2D eigenvalue weighted by molar-refractivity contribution is -0.147. The van der Waals surface area contributed by atoms with Crippen LogP contribution in [0.3, 0.4) is 0 Å². The van der Waals surface area contributed by atoms with Crippen molar-refractivity contribution in [1.82, 2.24) is 0 Å². The number of rotatable bonds is 9. The van der Waals surface area contributed by atoms with Crippen LogP contribution in [0.25, 0.3) is 0 Å². The number of hydrogen-bond donors (Lipinski definition) is 2. The summed E-state index contributed by atoms with van der Waals surface area (Å²) in [6.07, 6.45) is -0.129. The molecule has 8 nitrogen and oxygen atoms in total. The monoisotopic (exact) mass is 444 g/mol. The third kappa shape index (κ3) is 6.14. The molecule has 2 N–H and O–H groups in total. The van der Waals surface area contributed by atoms with Gasteiger partial charge in [-0.2, -0.15) is 0 Å². The minimum Gasteiger partial charge on any atom is -0.490 e. The van der Waals surface area contributed by atoms with Crippen molar-refractivity contribution in [3.05, 3.63) is 42.5 Å². The highest BCUT2D eigenvalue weighted by molar-refractivity contribution is 8.01. The topological polar surface area (TPSA) is 103 Å². The maximum atomic E-state index is 12.2. The molecule has 1 unspecified atom stereocenters. The van der Waals surface area contributed by atoms with Crippen LogP contribution in [0.2, 0.25) is 0 Å². The van der Waals surface area contributed by atoms with Crippen molar-refractivity contribution in [2.45, 2.75) is 30.4 Å². The quantitative estimate of drug-likeness (QED) is 0.571. The van der Waals surface area contributed by atoms with Crippen LogP contribution in [0, 0.1) is 0 Å². The second kappa shape index (κ2) is 10.7. The van der Waals surface area contributed by atoms with Gasteiger partial charge >= 0.3 is 5.97 Å². The Bertz CT molecular complexity index is 965. The number of anilines is 2. The second-order valence-electron chi connectivity index (χ2n) is 6.53. The molecule has 1 aliphatic rings. The first-order valence-electron chi connectivity index (χ1n) is 9.91. The van der Waals surface area contributed by atoms with Crippen LogP contribution in [-0.2, 0) is 19.1 Å². The lowest BCUT2D eigenvalue weighted by Gasteiger charge is -2.23. The van der Waals surface area contributed by atoms with Crippen molar-refractivity contribution in [3.8, 4) is 11.5 Å². The van der Waals surface area contributed by atoms with Gasteiger partial charge in [-0.05, 0) is 38.1 Å². The van der Waals surface area contributed by atoms with Gasteiger partial charge in [0.05, 0.1) is 30.6 Å². The fourth-order valence-corrected chi connectivity index (χ4v) is 4.00. The average molecular weight is 445 g/mol. The smallest absolute Gasteiger partial charge is 0.307 e. The van der Waals surface area contributed by atoms with E-state index in [1.807, 2.05) is 32.0 Å². The van der Waals surface area contributed by atoms with Crippen LogP contribution in [0.4, 0.5) is 11.4 Å². The predicted octanol–water partition coefficient (Wildman–Crippen LogP) is 3.47. The van der Waals surface area contributed by atoms with Gasteiger partial charge in [-0.1, -0.05) is 12.1 Å². The third-order valence-corrected chi connectivity index (χ3v) is 5.53. The van der Waals surface area contributed by atoms with Crippen LogP contribution in [0.1, 0.15) is 20.3 Å². The number of carbonyl (C=O) groups excluding carboxylic acids is 3. The molecule has 0 radical (unpaired) electrons. The fraction of sp³-hybridized carbons (Fsp3) is 0.318. The van der Waals surface area contributed by atoms with Crippen molar-refractivity contribution < 1.29 is 28.6 Å². The number of nitrogens with one attached hydrogen (secondary N) is 2. The summed E-state index contributed by atoms with van der Waals surface area (Å²) >= 11 is 1.30. The average Bonchev–Trinajstić information content (AvgIpc) is 2.75. The summed E-state index contributed by atoms with van der Waals surface area (Å²) in [4.78, 5) is 37.4. The maximum Gasteiger partial charge on any atom is 0.307 e. The van der Waals surface area contributed by atoms with Gasteiger partial charge in [-0.3, -0.25) is 14.4 Å². The molecule has 0 aliphatic carbocycles. The van der Waals surface area contributed by atoms with E-state index in [2.05, 4.69) is 10.6 Å². The summed E-state index contributed by atoms with van der Waals surface area (Å²) in [5, 5.41) is 4.82. The van der Waals surface area contributed by atoms with E-state index >= 15 is 0 Å². The largest absolute Gasteiger partial charge is 0.490 e. The molecule has 2 amide bonds. The molecule has 2 aromatic rings. The van der Waals surface area contributed by atoms with Gasteiger partial charge in [0.2, 0.25) is 5.91 Å². The van der Waals surface area contributed by atoms with Crippen LogP contribution in [0.15, 0.2) is 47.4 Å². The summed E-state index contributed by atoms with van der Waals surface area (Å²) in [7, 11) is 0. The van der Waals surface area contributed by atoms with Crippen molar-refractivity contribution in [2.75, 3.05) is 30.5 Å². The molecule has 0 bridgehead atoms. The van der Waals surface area contributed by atoms with Crippen molar-refractivity contribution in [2.24, 2.45) is 0 Å². The molecule has 2 aromatic carbocycles. The van der Waals surface area contributed by atoms with E-state index in [9.17, 15) is 14.4 Å². The van der Waals surface area contributed by atoms with Gasteiger partial charge in [0, 0.05) is 16.6 Å². The molecule has 0 saturated heterocycles. The minimum atomic E-state index is -0.621. The first kappa shape index (κ1) is 22.5. The number of amides is 2. The van der Waals surface area contributed by atoms with E-state index in [4.69, 9.17) is 14.2 Å². The van der Waals surface area contributed by atoms with Crippen molar-refractivity contribution in [1.29, 1.82) is 0 Å². The normalized spacial score (nSPS) is 14.8. The van der Waals surface area contributed by atoms with Crippen LogP contribution < -0.4 is 20.1 Å². The lowest BCUT2D eigenvalue weighted by atomic mass is 10.2. The fourth-order valence-electron chi connectivity index (χ4n) is 2.91. The Kier molecular flexibility index (Phi) is 7.77. The first-order valence-corrected chi connectivity index (χ1v) is 10.8. The Labute approximate surface area is 184 Å². The molecule has 0 saturated carbocycles. The molecule has 0 fully saturated rings. The van der Waals surface area contributed by atoms with Crippen molar-refractivity contribution in [3.63, 3.8) is 0 Å². The van der Waals surface area contributed by atoms with Crippen molar-refractivity contribution >= 4 is 40.9 Å². The summed E-state index contributed by atoms with van der Waals surface area (Å²) in [6.45, 7) is 4.21. The van der Waals surface area contributed by atoms with E-state index in [1.54, 1.807) is 24.3 Å². The van der Waals surface area contributed by atoms with Gasteiger partial charge in [-0.15, -0.1) is 11.8 Å². The van der Waals surface area contributed by atoms with E-state index in [0.29, 0.717) is 30.4 Å². The molecule has 1 atom stereocenters. The Morgan fingerprint density at radius 1 is 1.06 bits per heavy atom. The number of ether oxygens (including phenoxy) is 3. The van der Waals surface area contributed by atoms with Gasteiger partial charge in [0.15, 0.2) is 18.1 Å². The lowest BCUT2D eigenvalue weighted by Crippen LogP contribution is -2.32. The number of benzene rings is 2. The number of para-hydroxylation sites is 1. The Morgan fingerprint density at radius 3 is 2.58 bits per heavy atom. The van der Waals surface area contributed by atoms with E-state index in [1.165, 1.54) is 11.8 Å². The van der Waals surface area contributed by atoms with Gasteiger partial charge in [-0.25, -0.2) is 0 Å². The summed E-state index contributed by atoms with van der Waals surface area (Å²) < 4.78 is 16.1. The highest BCUT2D eigenvalue weighted by atomic mass is 32.2. The van der Waals surface area contributed by atoms with Crippen LogP contribution in [-0.4, -0.2) is 42.9 Å². The molecule has 0 aromatic heterocycles. The van der Waals surface area contributed by atoms with E-state index in [-0.39, 0.29) is 12.3 Å². The number of esters is 1. The molecular formula is C22H24N2O6S. The van der Waals surface area contributed by atoms with Crippen LogP contribution in [0.5, 0.6) is 11.5 Å². The predicted molar refractivity (Wildman–Crippen MR) is 118 cm³/mol. The Morgan fingerprint density at radius 2 is 1.81 bits per heavy atom. The molecule has 164 valence electrons. The van der Waals surface area contributed by atoms with Gasteiger partial charge in [0.1, 0.15) is 0 Å². The molecule has 0 spiro atoms. The summed E-state index contributed by atoms with van der Waals surface area (Å²) in [6, 6.07) is 12.4. The zero-order valence-electron chi connectivity index (χ0n) is 17.3. The summed E-state index contributed by atoms with van der Waals surface area (Å²) in [5.41, 5.74) is 1.22. The maximum absolute atomic E-state index is 12.2. The molecule has 9 heteroatoms. The number of carbonyl (C=O) groups is 3. The highest BCUT2D eigenvalue weighted by Gasteiger charge is 2.29. The minimum absolute atomic E-state index is 0.129. The second-order valence-corrected chi connectivity index (χ2v) is 7.78. The summed E-state index contributed by atoms with van der Waals surface area (Å²) in [5.74, 6) is -0.281. The Balaban J connectivity index is 1.50. The SMILES string of the molecule is CCOc1ccc(NC(=O)COC(=O)CC2Sc3ccccc3NC2=O)cc1OCC. The highest BCUT2D eigenvalue weighted by Crippen LogP contribution is 2.36. The van der Waals surface area contributed by atoms with Crippen LogP contribution >= 0.6 is 11.8 Å². The van der Waals surface area contributed by atoms with E-state index in [0.717, 1.165) is 10.6 Å². The molecule has 3 rings (SSSR count). The standard InChI is InChI=1S/C22H24N2O6S/c1-3-28-16-10-9-14(11-17(16)29-4-2)23-20(25)13-30-21(26)12-19-22(27)24-15-7-5-6-8-18(15)31-19/h5-11,19H,3-4,12-13H2,1-2H3,(H,23,25)(H,24,27). The number of thioether (sulfide) groups is 1. The Hall–Kier alpha value is -3.20. The number of fused-ring (bicyclic) bond motifs is 1.